The van der Waals surface area contributed by atoms with Crippen LogP contribution >= 0.6 is 0 Å². The maximum absolute atomic E-state index is 17.4. The molecule has 3 aromatic carbocycles. The molecular formula is C61H73FN12O8. The van der Waals surface area contributed by atoms with Gasteiger partial charge in [-0.2, -0.15) is 15.2 Å². The fraction of sp³-hybridized carbons (Fsp3) is 0.525. The van der Waals surface area contributed by atoms with Gasteiger partial charge in [0, 0.05) is 88.2 Å². The molecule has 0 aliphatic carbocycles. The number of hydrogen-bond acceptors (Lipinski definition) is 18. The van der Waals surface area contributed by atoms with Gasteiger partial charge in [-0.1, -0.05) is 56.3 Å². The lowest BCUT2D eigenvalue weighted by Crippen LogP contribution is -2.52. The highest BCUT2D eigenvalue weighted by Crippen LogP contribution is 2.44. The molecule has 2 amide bonds. The van der Waals surface area contributed by atoms with E-state index in [0.717, 1.165) is 86.5 Å². The number of nitrogens with zero attached hydrogens (tertiary/aromatic N) is 10. The van der Waals surface area contributed by atoms with E-state index in [-0.39, 0.29) is 65.2 Å². The molecule has 6 saturated heterocycles. The summed E-state index contributed by atoms with van der Waals surface area (Å²) < 4.78 is 36.1. The molecule has 432 valence electrons. The number of aliphatic hydroxyl groups excluding tert-OH is 2. The van der Waals surface area contributed by atoms with Gasteiger partial charge in [-0.15, -0.1) is 0 Å². The van der Waals surface area contributed by atoms with Crippen molar-refractivity contribution in [3.63, 3.8) is 0 Å². The van der Waals surface area contributed by atoms with Crippen molar-refractivity contribution in [1.82, 2.24) is 45.4 Å². The summed E-state index contributed by atoms with van der Waals surface area (Å²) in [4.78, 5) is 52.7. The second-order valence-electron chi connectivity index (χ2n) is 23.8. The molecule has 0 radical (unpaired) electrons. The van der Waals surface area contributed by atoms with Crippen molar-refractivity contribution in [2.75, 3.05) is 75.4 Å². The zero-order valence-corrected chi connectivity index (χ0v) is 47.0. The Balaban J connectivity index is 0.679. The second-order valence-corrected chi connectivity index (χ2v) is 23.8. The Morgan fingerprint density at radius 3 is 2.50 bits per heavy atom. The Labute approximate surface area is 476 Å². The number of amides is 2. The standard InChI is InChI=1S/C61H73FN12O8/c1-5-38-8-6-9-40-24-44(75)25-46(52(38)40)54-53(62)55-47(29-64-54)56(72-30-41-14-15-42(31-72)66-41)68-59(67-55)81-34-61-17-7-19-74(61)43(16-18-61)33-80-60(79)71-22-20-70(21-23-71)50-27-49(82-69-50)51(35(2)3)58(78)73-32-45(76)26-48(73)57(77)65-36(4)39-12-10-37(28-63)11-13-39/h6,8-13,24-25,27,29,35-36,41-43,45,48,51,60,66,75-76,79H,5,7,14-23,26,30-34H2,1-4H3,(H,65,77)/t36-,41?,42?,43-,45+,48-,51+,60?,61+/m0/s1. The van der Waals surface area contributed by atoms with Crippen LogP contribution in [0.1, 0.15) is 107 Å². The number of hydrogen-bond donors (Lipinski definition) is 5. The highest BCUT2D eigenvalue weighted by molar-refractivity contribution is 6.02. The van der Waals surface area contributed by atoms with Gasteiger partial charge in [0.2, 0.25) is 18.2 Å². The van der Waals surface area contributed by atoms with Crippen LogP contribution in [0.4, 0.5) is 16.0 Å². The monoisotopic (exact) mass is 1120 g/mol. The van der Waals surface area contributed by atoms with E-state index in [9.17, 15) is 30.2 Å². The van der Waals surface area contributed by atoms with E-state index >= 15 is 4.39 Å². The lowest BCUT2D eigenvalue weighted by molar-refractivity contribution is -0.201. The molecule has 20 nitrogen and oxygen atoms in total. The number of aryl methyl sites for hydroxylation is 1. The van der Waals surface area contributed by atoms with E-state index in [1.165, 1.54) is 4.90 Å². The van der Waals surface area contributed by atoms with E-state index < -0.39 is 36.3 Å². The zero-order valence-electron chi connectivity index (χ0n) is 47.0. The molecule has 5 N–H and O–H groups in total. The van der Waals surface area contributed by atoms with Crippen LogP contribution in [-0.4, -0.2) is 170 Å². The number of fused-ring (bicyclic) bond motifs is 5. The van der Waals surface area contributed by atoms with Crippen molar-refractivity contribution < 1.29 is 43.3 Å². The predicted molar refractivity (Wildman–Crippen MR) is 304 cm³/mol. The van der Waals surface area contributed by atoms with E-state index in [0.29, 0.717) is 85.4 Å². The average Bonchev–Trinajstić information content (AvgIpc) is 4.42. The third-order valence-electron chi connectivity index (χ3n) is 18.3. The SMILES string of the molecule is CCc1cccc2cc(O)cc(-c3ncc4c(N5CC6CCC(C5)N6)nc(OC[C@]56CCCN5[C@H](COC(O)N5CCN(c7cc([C@H](C(=O)N8C[C@H](O)C[C@H]8C(=O)N[C@@H](C)c8ccc(C#N)cc8)C(C)C)on7)CC5)CC6)nc4c3F)c12. The second kappa shape index (κ2) is 22.9. The molecule has 9 atom stereocenters. The molecule has 6 fully saturated rings. The summed E-state index contributed by atoms with van der Waals surface area (Å²) in [7, 11) is 0. The molecule has 21 heteroatoms. The normalized spacial score (nSPS) is 25.0. The van der Waals surface area contributed by atoms with Gasteiger partial charge in [0.25, 0.3) is 0 Å². The fourth-order valence-electron chi connectivity index (χ4n) is 14.0. The predicted octanol–water partition coefficient (Wildman–Crippen LogP) is 6.12. The average molecular weight is 1120 g/mol. The van der Waals surface area contributed by atoms with Crippen molar-refractivity contribution in [2.24, 2.45) is 5.92 Å². The minimum Gasteiger partial charge on any atom is -0.508 e. The lowest BCUT2D eigenvalue weighted by Gasteiger charge is -2.38. The molecule has 3 unspecified atom stereocenters. The van der Waals surface area contributed by atoms with Gasteiger partial charge in [0.05, 0.1) is 41.3 Å². The fourth-order valence-corrected chi connectivity index (χ4v) is 14.0. The third kappa shape index (κ3) is 10.7. The Bertz CT molecular complexity index is 3380. The Morgan fingerprint density at radius 2 is 1.76 bits per heavy atom. The first-order valence-electron chi connectivity index (χ1n) is 29.2. The molecule has 6 aromatic rings. The highest BCUT2D eigenvalue weighted by atomic mass is 19.1. The number of rotatable bonds is 17. The maximum atomic E-state index is 17.4. The number of aromatic nitrogens is 4. The van der Waals surface area contributed by atoms with Crippen LogP contribution in [0.5, 0.6) is 11.8 Å². The Hall–Kier alpha value is -7.06. The quantitative estimate of drug-likeness (QED) is 0.0646. The van der Waals surface area contributed by atoms with Crippen LogP contribution < -0.4 is 25.2 Å². The number of phenols is 1. The first-order valence-corrected chi connectivity index (χ1v) is 29.2. The summed E-state index contributed by atoms with van der Waals surface area (Å²) in [5.41, 5.74) is 2.76. The third-order valence-corrected chi connectivity index (χ3v) is 18.3. The van der Waals surface area contributed by atoms with Crippen LogP contribution in [0, 0.1) is 23.1 Å². The number of nitriles is 1. The minimum absolute atomic E-state index is 0.0124. The number of carbonyl (C=O) groups excluding carboxylic acids is 2. The van der Waals surface area contributed by atoms with Crippen LogP contribution in [0.2, 0.25) is 0 Å². The molecule has 6 aliphatic heterocycles. The number of carbonyl (C=O) groups is 2. The molecule has 12 rings (SSSR count). The van der Waals surface area contributed by atoms with Gasteiger partial charge >= 0.3 is 6.01 Å². The number of halogens is 1. The number of anilines is 2. The highest BCUT2D eigenvalue weighted by Gasteiger charge is 2.50. The summed E-state index contributed by atoms with van der Waals surface area (Å²) in [6, 6.07) is 19.5. The summed E-state index contributed by atoms with van der Waals surface area (Å²) in [6.45, 7) is 12.6. The number of phenolic OH excluding ortho intramolecular Hbond substituents is 1. The summed E-state index contributed by atoms with van der Waals surface area (Å²) in [5, 5.41) is 55.4. The van der Waals surface area contributed by atoms with Crippen molar-refractivity contribution in [2.45, 2.75) is 133 Å². The van der Waals surface area contributed by atoms with Crippen molar-refractivity contribution in [3.8, 4) is 29.1 Å². The van der Waals surface area contributed by atoms with Crippen molar-refractivity contribution in [1.29, 1.82) is 5.26 Å². The number of β-amino-alcohol motifs (C(OH)–C–C–N with tert-alkyl or cyclic N) is 1. The largest absolute Gasteiger partial charge is 0.508 e. The number of pyridine rings is 1. The van der Waals surface area contributed by atoms with E-state index in [4.69, 9.17) is 28.9 Å². The first-order chi connectivity index (χ1) is 39.7. The molecule has 6 aliphatic rings. The Morgan fingerprint density at radius 1 is 0.976 bits per heavy atom. The smallest absolute Gasteiger partial charge is 0.319 e. The van der Waals surface area contributed by atoms with Crippen LogP contribution in [0.15, 0.2) is 71.4 Å². The topological polar surface area (TPSA) is 242 Å². The molecule has 9 heterocycles. The molecular weight excluding hydrogens is 1050 g/mol. The molecule has 3 aromatic heterocycles. The van der Waals surface area contributed by atoms with Gasteiger partial charge in [-0.25, -0.2) is 4.39 Å². The number of aliphatic hydroxyl groups is 2. The summed E-state index contributed by atoms with van der Waals surface area (Å²) >= 11 is 0. The van der Waals surface area contributed by atoms with Crippen LogP contribution in [0.25, 0.3) is 32.9 Å². The first kappa shape index (κ1) is 55.5. The molecule has 82 heavy (non-hydrogen) atoms. The number of ether oxygens (including phenoxy) is 2. The van der Waals surface area contributed by atoms with Crippen LogP contribution in [-0.2, 0) is 20.7 Å². The lowest BCUT2D eigenvalue weighted by atomic mass is 9.91. The van der Waals surface area contributed by atoms with E-state index in [1.54, 1.807) is 48.7 Å². The molecule has 0 spiro atoms. The zero-order chi connectivity index (χ0) is 57.0. The van der Waals surface area contributed by atoms with Gasteiger partial charge in [0.1, 0.15) is 41.3 Å². The van der Waals surface area contributed by atoms with Crippen molar-refractivity contribution >= 4 is 45.1 Å². The Kier molecular flexibility index (Phi) is 15.5. The van der Waals surface area contributed by atoms with Gasteiger partial charge in [-0.05, 0) is 110 Å². The number of nitrogens with one attached hydrogen (secondary N) is 2. The number of aromatic hydroxyl groups is 1. The number of piperazine rings is 2. The van der Waals surface area contributed by atoms with E-state index in [2.05, 4.69) is 38.6 Å². The molecule has 0 saturated carbocycles. The minimum atomic E-state index is -1.13. The van der Waals surface area contributed by atoms with Crippen molar-refractivity contribution in [3.05, 3.63) is 95.1 Å². The maximum Gasteiger partial charge on any atom is 0.319 e. The number of likely N-dealkylation sites (tertiary alicyclic amines) is 1. The summed E-state index contributed by atoms with van der Waals surface area (Å²) in [5.74, 6) is -0.706. The van der Waals surface area contributed by atoms with Gasteiger partial charge < -0.3 is 54.6 Å². The summed E-state index contributed by atoms with van der Waals surface area (Å²) in [6.07, 6.45) is 6.18. The van der Waals surface area contributed by atoms with Crippen LogP contribution in [0.3, 0.4) is 0 Å². The van der Waals surface area contributed by atoms with Gasteiger partial charge in [-0.3, -0.25) is 24.4 Å². The number of benzene rings is 3. The van der Waals surface area contributed by atoms with E-state index in [1.807, 2.05) is 48.8 Å². The van der Waals surface area contributed by atoms with Gasteiger partial charge in [0.15, 0.2) is 17.4 Å². The molecule has 2 bridgehead atoms.